The molecular weight excluding hydrogens is 430 g/mol. The van der Waals surface area contributed by atoms with Crippen LogP contribution in [0.25, 0.3) is 0 Å². The molecule has 4 N–H and O–H groups in total. The SMILES string of the molecule is C/C(=C\COP(=O)(O)OP(=O)(O)O)CC[C@@]1(O)[C@H](C)CC[C@H]2C(C)(C)CCC[C@@]21C. The largest absolute Gasteiger partial charge is 0.481 e. The molecule has 2 aliphatic carbocycles. The Morgan fingerprint density at radius 3 is 2.37 bits per heavy atom. The Kier molecular flexibility index (Phi) is 7.93. The summed E-state index contributed by atoms with van der Waals surface area (Å²) in [4.78, 5) is 26.6. The summed E-state index contributed by atoms with van der Waals surface area (Å²) in [7, 11) is -9.96. The average molecular weight is 468 g/mol. The van der Waals surface area contributed by atoms with Crippen LogP contribution in [0, 0.1) is 22.7 Å². The van der Waals surface area contributed by atoms with Gasteiger partial charge in [0.05, 0.1) is 12.2 Å². The summed E-state index contributed by atoms with van der Waals surface area (Å²) < 4.78 is 30.6. The molecule has 0 aliphatic heterocycles. The van der Waals surface area contributed by atoms with Crippen LogP contribution in [0.1, 0.15) is 79.6 Å². The van der Waals surface area contributed by atoms with E-state index in [9.17, 15) is 19.1 Å². The summed E-state index contributed by atoms with van der Waals surface area (Å²) in [5, 5.41) is 11.9. The standard InChI is InChI=1S/C20H38O8P2/c1-15(10-14-27-30(25,26)28-29(22,23)24)9-13-20(21)16(2)7-8-17-18(3,4)11-6-12-19(17,20)5/h10,16-17,21H,6-9,11-14H2,1-5H3,(H,25,26)(H2,22,23,24)/b15-10+/t16-,17+,19+,20-/m1/s1. The molecule has 2 saturated carbocycles. The van der Waals surface area contributed by atoms with Crippen LogP contribution < -0.4 is 0 Å². The molecule has 0 saturated heterocycles. The van der Waals surface area contributed by atoms with E-state index in [4.69, 9.17) is 9.79 Å². The van der Waals surface area contributed by atoms with Gasteiger partial charge in [0.1, 0.15) is 0 Å². The van der Waals surface area contributed by atoms with Gasteiger partial charge < -0.3 is 19.8 Å². The highest BCUT2D eigenvalue weighted by molar-refractivity contribution is 7.60. The van der Waals surface area contributed by atoms with Crippen molar-refractivity contribution < 1.29 is 37.8 Å². The minimum atomic E-state index is -5.12. The van der Waals surface area contributed by atoms with Crippen molar-refractivity contribution >= 4 is 15.6 Å². The first kappa shape index (κ1) is 26.2. The molecule has 0 radical (unpaired) electrons. The maximum absolute atomic E-state index is 11.9. The van der Waals surface area contributed by atoms with Crippen LogP contribution in [0.5, 0.6) is 0 Å². The summed E-state index contributed by atoms with van der Waals surface area (Å²) in [6.07, 6.45) is 8.22. The number of hydrogen-bond donors (Lipinski definition) is 4. The van der Waals surface area contributed by atoms with Gasteiger partial charge in [-0.1, -0.05) is 45.8 Å². The molecule has 0 aromatic heterocycles. The van der Waals surface area contributed by atoms with Crippen LogP contribution in [0.3, 0.4) is 0 Å². The van der Waals surface area contributed by atoms with Gasteiger partial charge in [0.15, 0.2) is 0 Å². The maximum Gasteiger partial charge on any atom is 0.481 e. The first-order valence-electron chi connectivity index (χ1n) is 10.6. The van der Waals surface area contributed by atoms with E-state index in [1.165, 1.54) is 6.42 Å². The number of allylic oxidation sites excluding steroid dienone is 1. The second-order valence-corrected chi connectivity index (χ2v) is 12.9. The lowest BCUT2D eigenvalue weighted by atomic mass is 9.44. The van der Waals surface area contributed by atoms with Crippen molar-refractivity contribution in [3.05, 3.63) is 11.6 Å². The van der Waals surface area contributed by atoms with E-state index in [2.05, 4.69) is 36.5 Å². The lowest BCUT2D eigenvalue weighted by molar-refractivity contribution is -0.211. The first-order chi connectivity index (χ1) is 13.5. The molecule has 2 rings (SSSR count). The highest BCUT2D eigenvalue weighted by Crippen LogP contribution is 2.63. The van der Waals surface area contributed by atoms with E-state index >= 15 is 0 Å². The van der Waals surface area contributed by atoms with Crippen molar-refractivity contribution in [2.75, 3.05) is 6.61 Å². The minimum Gasteiger partial charge on any atom is -0.389 e. The fraction of sp³-hybridized carbons (Fsp3) is 0.900. The maximum atomic E-state index is 11.9. The minimum absolute atomic E-state index is 0.152. The van der Waals surface area contributed by atoms with Crippen molar-refractivity contribution in [1.29, 1.82) is 0 Å². The number of fused-ring (bicyclic) bond motifs is 1. The van der Waals surface area contributed by atoms with Crippen molar-refractivity contribution in [2.24, 2.45) is 22.7 Å². The molecule has 5 atom stereocenters. The number of rotatable bonds is 8. The molecule has 2 fully saturated rings. The number of phosphoric acid groups is 2. The van der Waals surface area contributed by atoms with Crippen molar-refractivity contribution in [1.82, 2.24) is 0 Å². The molecule has 2 aliphatic rings. The number of phosphoric ester groups is 1. The van der Waals surface area contributed by atoms with Gasteiger partial charge in [-0.15, -0.1) is 0 Å². The van der Waals surface area contributed by atoms with Crippen LogP contribution in [0.4, 0.5) is 0 Å². The van der Waals surface area contributed by atoms with Crippen LogP contribution in [-0.4, -0.2) is 32.0 Å². The van der Waals surface area contributed by atoms with E-state index in [1.54, 1.807) is 6.08 Å². The van der Waals surface area contributed by atoms with E-state index in [0.29, 0.717) is 18.8 Å². The lowest BCUT2D eigenvalue weighted by Gasteiger charge is -2.63. The predicted molar refractivity (Wildman–Crippen MR) is 114 cm³/mol. The van der Waals surface area contributed by atoms with Gasteiger partial charge in [-0.3, -0.25) is 4.52 Å². The Bertz CT molecular complexity index is 745. The fourth-order valence-corrected chi connectivity index (χ4v) is 7.55. The molecule has 0 heterocycles. The first-order valence-corrected chi connectivity index (χ1v) is 13.7. The number of aliphatic hydroxyl groups is 1. The van der Waals surface area contributed by atoms with E-state index in [0.717, 1.165) is 31.3 Å². The summed E-state index contributed by atoms with van der Waals surface area (Å²) in [5.74, 6) is 0.656. The molecule has 30 heavy (non-hydrogen) atoms. The molecule has 1 unspecified atom stereocenters. The van der Waals surface area contributed by atoms with Gasteiger partial charge >= 0.3 is 15.6 Å². The lowest BCUT2D eigenvalue weighted by Crippen LogP contribution is -2.62. The molecule has 176 valence electrons. The zero-order chi connectivity index (χ0) is 23.0. The van der Waals surface area contributed by atoms with Gasteiger partial charge in [-0.05, 0) is 68.1 Å². The summed E-state index contributed by atoms with van der Waals surface area (Å²) in [5.41, 5.74) is 0.134. The Morgan fingerprint density at radius 2 is 1.77 bits per heavy atom. The van der Waals surface area contributed by atoms with Crippen LogP contribution >= 0.6 is 15.6 Å². The second kappa shape index (κ2) is 9.07. The topological polar surface area (TPSA) is 134 Å². The van der Waals surface area contributed by atoms with Crippen LogP contribution in [-0.2, 0) is 18.0 Å². The molecule has 0 spiro atoms. The third-order valence-corrected chi connectivity index (χ3v) is 9.85. The van der Waals surface area contributed by atoms with E-state index in [-0.39, 0.29) is 23.4 Å². The molecule has 8 nitrogen and oxygen atoms in total. The Labute approximate surface area is 179 Å². The van der Waals surface area contributed by atoms with Crippen molar-refractivity contribution in [3.63, 3.8) is 0 Å². The monoisotopic (exact) mass is 468 g/mol. The van der Waals surface area contributed by atoms with Gasteiger partial charge in [0, 0.05) is 0 Å². The molecule has 0 amide bonds. The van der Waals surface area contributed by atoms with Gasteiger partial charge in [-0.25, -0.2) is 9.13 Å². The second-order valence-electron chi connectivity index (χ2n) is 10.1. The van der Waals surface area contributed by atoms with E-state index in [1.807, 2.05) is 6.92 Å². The van der Waals surface area contributed by atoms with E-state index < -0.39 is 21.2 Å². The molecule has 0 aromatic carbocycles. The van der Waals surface area contributed by atoms with Crippen LogP contribution in [0.2, 0.25) is 0 Å². The highest BCUT2D eigenvalue weighted by Gasteiger charge is 2.60. The molecule has 10 heteroatoms. The molecule has 0 aromatic rings. The summed E-state index contributed by atoms with van der Waals surface area (Å²) in [6, 6.07) is 0. The Morgan fingerprint density at radius 1 is 1.13 bits per heavy atom. The zero-order valence-corrected chi connectivity index (χ0v) is 20.5. The third kappa shape index (κ3) is 5.85. The normalized spacial score (nSPS) is 36.8. The van der Waals surface area contributed by atoms with Gasteiger partial charge in [0.25, 0.3) is 0 Å². The predicted octanol–water partition coefficient (Wildman–Crippen LogP) is 4.93. The smallest absolute Gasteiger partial charge is 0.389 e. The average Bonchev–Trinajstić information content (AvgIpc) is 2.55. The van der Waals surface area contributed by atoms with Crippen molar-refractivity contribution in [2.45, 2.75) is 85.2 Å². The van der Waals surface area contributed by atoms with Crippen molar-refractivity contribution in [3.8, 4) is 0 Å². The fourth-order valence-electron chi connectivity index (χ4n) is 6.02. The number of hydrogen-bond acceptors (Lipinski definition) is 5. The summed E-state index contributed by atoms with van der Waals surface area (Å²) in [6.45, 7) is 10.5. The molecule has 0 bridgehead atoms. The third-order valence-electron chi connectivity index (χ3n) is 7.70. The quantitative estimate of drug-likeness (QED) is 0.291. The highest BCUT2D eigenvalue weighted by atomic mass is 31.3. The Hall–Kier alpha value is -0.0400. The summed E-state index contributed by atoms with van der Waals surface area (Å²) >= 11 is 0. The Balaban J connectivity index is 2.04. The van der Waals surface area contributed by atoms with Crippen LogP contribution in [0.15, 0.2) is 11.6 Å². The zero-order valence-electron chi connectivity index (χ0n) is 18.7. The van der Waals surface area contributed by atoms with Gasteiger partial charge in [0.2, 0.25) is 0 Å². The van der Waals surface area contributed by atoms with Gasteiger partial charge in [-0.2, -0.15) is 4.31 Å². The molecular formula is C20H38O8P2.